The Kier molecular flexibility index (Phi) is 6.67. The van der Waals surface area contributed by atoms with Crippen LogP contribution in [-0.4, -0.2) is 27.2 Å². The van der Waals surface area contributed by atoms with Gasteiger partial charge in [0.1, 0.15) is 0 Å². The minimum Gasteiger partial charge on any atom is -0.493 e. The Balaban J connectivity index is 2.07. The van der Waals surface area contributed by atoms with E-state index in [-0.39, 0.29) is 5.91 Å². The maximum atomic E-state index is 12.1. The number of rotatable bonds is 7. The highest BCUT2D eigenvalue weighted by atomic mass is 16.5. The van der Waals surface area contributed by atoms with Crippen LogP contribution in [0.2, 0.25) is 0 Å². The molecule has 138 valence electrons. The average molecular weight is 355 g/mol. The molecule has 26 heavy (non-hydrogen) atoms. The van der Waals surface area contributed by atoms with Gasteiger partial charge in [0.2, 0.25) is 11.7 Å². The van der Waals surface area contributed by atoms with E-state index in [0.29, 0.717) is 23.8 Å². The number of benzene rings is 2. The van der Waals surface area contributed by atoms with Crippen molar-refractivity contribution in [3.63, 3.8) is 0 Å². The summed E-state index contributed by atoms with van der Waals surface area (Å²) in [5, 5.41) is 2.90. The molecule has 2 rings (SSSR count). The van der Waals surface area contributed by atoms with Crippen LogP contribution in [-0.2, 0) is 11.3 Å². The van der Waals surface area contributed by atoms with E-state index in [9.17, 15) is 4.79 Å². The predicted octanol–water partition coefficient (Wildman–Crippen LogP) is 3.66. The highest BCUT2D eigenvalue weighted by Gasteiger charge is 2.12. The molecule has 1 N–H and O–H groups in total. The Hall–Kier alpha value is -2.95. The highest BCUT2D eigenvalue weighted by Crippen LogP contribution is 2.38. The van der Waals surface area contributed by atoms with Crippen LogP contribution in [0.5, 0.6) is 17.2 Å². The zero-order valence-corrected chi connectivity index (χ0v) is 15.9. The molecule has 0 aromatic heterocycles. The predicted molar refractivity (Wildman–Crippen MR) is 103 cm³/mol. The third-order valence-electron chi connectivity index (χ3n) is 4.07. The van der Waals surface area contributed by atoms with Crippen molar-refractivity contribution in [2.45, 2.75) is 20.4 Å². The molecule has 2 aromatic carbocycles. The Morgan fingerprint density at radius 1 is 1.00 bits per heavy atom. The number of carbonyl (C=O) groups is 1. The van der Waals surface area contributed by atoms with Crippen LogP contribution in [0.4, 0.5) is 0 Å². The molecular weight excluding hydrogens is 330 g/mol. The van der Waals surface area contributed by atoms with E-state index < -0.39 is 0 Å². The molecule has 0 aliphatic heterocycles. The van der Waals surface area contributed by atoms with E-state index in [1.807, 2.05) is 19.1 Å². The van der Waals surface area contributed by atoms with Gasteiger partial charge in [0.25, 0.3) is 0 Å². The molecule has 2 aromatic rings. The van der Waals surface area contributed by atoms with Crippen LogP contribution < -0.4 is 19.5 Å². The SMILES string of the molecule is COc1cc(/C=C/C(=O)NCc2ccc(C)cc2C)cc(OC)c1OC. The van der Waals surface area contributed by atoms with Crippen molar-refractivity contribution in [3.05, 3.63) is 58.7 Å². The largest absolute Gasteiger partial charge is 0.493 e. The first-order valence-corrected chi connectivity index (χ1v) is 8.30. The molecule has 0 atom stereocenters. The van der Waals surface area contributed by atoms with Gasteiger partial charge in [-0.05, 0) is 48.7 Å². The fraction of sp³-hybridized carbons (Fsp3) is 0.286. The third kappa shape index (κ3) is 4.79. The highest BCUT2D eigenvalue weighted by molar-refractivity contribution is 5.91. The number of hydrogen-bond donors (Lipinski definition) is 1. The van der Waals surface area contributed by atoms with Gasteiger partial charge in [-0.3, -0.25) is 4.79 Å². The number of carbonyl (C=O) groups excluding carboxylic acids is 1. The van der Waals surface area contributed by atoms with Crippen molar-refractivity contribution in [2.24, 2.45) is 0 Å². The van der Waals surface area contributed by atoms with E-state index in [2.05, 4.69) is 18.3 Å². The molecule has 0 spiro atoms. The first kappa shape index (κ1) is 19.4. The molecule has 1 amide bonds. The summed E-state index contributed by atoms with van der Waals surface area (Å²) in [6.07, 6.45) is 3.20. The summed E-state index contributed by atoms with van der Waals surface area (Å²) >= 11 is 0. The summed E-state index contributed by atoms with van der Waals surface area (Å²) in [5.41, 5.74) is 4.25. The molecule has 5 nitrogen and oxygen atoms in total. The molecule has 0 saturated heterocycles. The van der Waals surface area contributed by atoms with Crippen molar-refractivity contribution in [1.82, 2.24) is 5.32 Å². The van der Waals surface area contributed by atoms with E-state index in [1.165, 1.54) is 17.2 Å². The summed E-state index contributed by atoms with van der Waals surface area (Å²) < 4.78 is 15.9. The van der Waals surface area contributed by atoms with Crippen LogP contribution in [0.15, 0.2) is 36.4 Å². The molecule has 0 aliphatic rings. The van der Waals surface area contributed by atoms with Crippen molar-refractivity contribution < 1.29 is 19.0 Å². The standard InChI is InChI=1S/C21H25NO4/c1-14-6-8-17(15(2)10-14)13-22-20(23)9-7-16-11-18(24-3)21(26-5)19(12-16)25-4/h6-12H,13H2,1-5H3,(H,22,23)/b9-7+. The topological polar surface area (TPSA) is 56.8 Å². The molecule has 0 heterocycles. The van der Waals surface area contributed by atoms with Gasteiger partial charge >= 0.3 is 0 Å². The van der Waals surface area contributed by atoms with Crippen LogP contribution in [0.25, 0.3) is 6.08 Å². The maximum absolute atomic E-state index is 12.1. The Morgan fingerprint density at radius 3 is 2.19 bits per heavy atom. The van der Waals surface area contributed by atoms with Crippen molar-refractivity contribution in [3.8, 4) is 17.2 Å². The first-order valence-electron chi connectivity index (χ1n) is 8.30. The molecular formula is C21H25NO4. The van der Waals surface area contributed by atoms with Crippen LogP contribution in [0.1, 0.15) is 22.3 Å². The number of ether oxygens (including phenoxy) is 3. The lowest BCUT2D eigenvalue weighted by Crippen LogP contribution is -2.20. The van der Waals surface area contributed by atoms with Gasteiger partial charge in [-0.1, -0.05) is 23.8 Å². The Bertz CT molecular complexity index is 787. The lowest BCUT2D eigenvalue weighted by molar-refractivity contribution is -0.116. The number of amides is 1. The van der Waals surface area contributed by atoms with Crippen molar-refractivity contribution >= 4 is 12.0 Å². The summed E-state index contributed by atoms with van der Waals surface area (Å²) in [5.74, 6) is 1.44. The maximum Gasteiger partial charge on any atom is 0.244 e. The molecule has 0 bridgehead atoms. The van der Waals surface area contributed by atoms with Gasteiger partial charge < -0.3 is 19.5 Å². The second-order valence-corrected chi connectivity index (χ2v) is 5.94. The van der Waals surface area contributed by atoms with E-state index in [4.69, 9.17) is 14.2 Å². The second-order valence-electron chi connectivity index (χ2n) is 5.94. The zero-order chi connectivity index (χ0) is 19.1. The molecule has 0 unspecified atom stereocenters. The first-order chi connectivity index (χ1) is 12.5. The number of hydrogen-bond acceptors (Lipinski definition) is 4. The lowest BCUT2D eigenvalue weighted by atomic mass is 10.1. The average Bonchev–Trinajstić information content (AvgIpc) is 2.64. The summed E-state index contributed by atoms with van der Waals surface area (Å²) in [6.45, 7) is 4.58. The van der Waals surface area contributed by atoms with Crippen molar-refractivity contribution in [1.29, 1.82) is 0 Å². The fourth-order valence-electron chi connectivity index (χ4n) is 2.65. The quantitative estimate of drug-likeness (QED) is 0.770. The Labute approximate surface area is 154 Å². The van der Waals surface area contributed by atoms with Crippen molar-refractivity contribution in [2.75, 3.05) is 21.3 Å². The van der Waals surface area contributed by atoms with Gasteiger partial charge in [0, 0.05) is 12.6 Å². The van der Waals surface area contributed by atoms with E-state index in [0.717, 1.165) is 11.1 Å². The third-order valence-corrected chi connectivity index (χ3v) is 4.07. The van der Waals surface area contributed by atoms with Crippen LogP contribution in [0.3, 0.4) is 0 Å². The van der Waals surface area contributed by atoms with E-state index >= 15 is 0 Å². The molecule has 0 fully saturated rings. The zero-order valence-electron chi connectivity index (χ0n) is 15.9. The summed E-state index contributed by atoms with van der Waals surface area (Å²) in [7, 11) is 4.67. The molecule has 0 saturated carbocycles. The number of aryl methyl sites for hydroxylation is 2. The summed E-state index contributed by atoms with van der Waals surface area (Å²) in [4.78, 5) is 12.1. The Morgan fingerprint density at radius 2 is 1.65 bits per heavy atom. The van der Waals surface area contributed by atoms with Gasteiger partial charge in [0.05, 0.1) is 21.3 Å². The smallest absolute Gasteiger partial charge is 0.244 e. The summed E-state index contributed by atoms with van der Waals surface area (Å²) in [6, 6.07) is 9.76. The number of methoxy groups -OCH3 is 3. The normalized spacial score (nSPS) is 10.7. The lowest BCUT2D eigenvalue weighted by Gasteiger charge is -2.12. The molecule has 5 heteroatoms. The number of nitrogens with one attached hydrogen (secondary N) is 1. The van der Waals surface area contributed by atoms with Gasteiger partial charge in [-0.25, -0.2) is 0 Å². The van der Waals surface area contributed by atoms with Gasteiger partial charge in [-0.15, -0.1) is 0 Å². The minimum atomic E-state index is -0.168. The van der Waals surface area contributed by atoms with Gasteiger partial charge in [-0.2, -0.15) is 0 Å². The minimum absolute atomic E-state index is 0.168. The van der Waals surface area contributed by atoms with Gasteiger partial charge in [0.15, 0.2) is 11.5 Å². The van der Waals surface area contributed by atoms with Crippen LogP contribution >= 0.6 is 0 Å². The fourth-order valence-corrected chi connectivity index (χ4v) is 2.65. The molecule has 0 aliphatic carbocycles. The van der Waals surface area contributed by atoms with Crippen LogP contribution in [0, 0.1) is 13.8 Å². The van der Waals surface area contributed by atoms with E-state index in [1.54, 1.807) is 39.5 Å². The molecule has 0 radical (unpaired) electrons. The second kappa shape index (κ2) is 8.94. The monoisotopic (exact) mass is 355 g/mol.